The van der Waals surface area contributed by atoms with Gasteiger partial charge in [0.2, 0.25) is 0 Å². The summed E-state index contributed by atoms with van der Waals surface area (Å²) in [5.41, 5.74) is 2.43. The van der Waals surface area contributed by atoms with Crippen LogP contribution in [-0.4, -0.2) is 23.3 Å². The highest BCUT2D eigenvalue weighted by Crippen LogP contribution is 2.35. The summed E-state index contributed by atoms with van der Waals surface area (Å²) in [6, 6.07) is 13.8. The van der Waals surface area contributed by atoms with Gasteiger partial charge in [-0.3, -0.25) is 4.79 Å². The molecule has 0 N–H and O–H groups in total. The van der Waals surface area contributed by atoms with Gasteiger partial charge in [-0.1, -0.05) is 30.0 Å². The van der Waals surface area contributed by atoms with Crippen molar-refractivity contribution in [3.63, 3.8) is 0 Å². The van der Waals surface area contributed by atoms with Crippen LogP contribution in [0.2, 0.25) is 0 Å². The van der Waals surface area contributed by atoms with E-state index in [1.54, 1.807) is 19.1 Å². The Morgan fingerprint density at radius 1 is 1.33 bits per heavy atom. The van der Waals surface area contributed by atoms with E-state index in [9.17, 15) is 14.4 Å². The van der Waals surface area contributed by atoms with Crippen molar-refractivity contribution in [1.82, 2.24) is 4.98 Å². The first-order valence-corrected chi connectivity index (χ1v) is 10.0. The SMILES string of the molecule is CCOC(=O)CSc1nc(-c2cccs2)cc(-c2ccc(F)cc2)c1C#N. The van der Waals surface area contributed by atoms with Crippen molar-refractivity contribution in [1.29, 1.82) is 5.26 Å². The molecular formula is C20H15FN2O2S2. The van der Waals surface area contributed by atoms with Crippen LogP contribution in [0, 0.1) is 17.1 Å². The van der Waals surface area contributed by atoms with Crippen molar-refractivity contribution in [3.8, 4) is 27.8 Å². The molecule has 0 aliphatic rings. The van der Waals surface area contributed by atoms with Gasteiger partial charge in [0.15, 0.2) is 0 Å². The Kier molecular flexibility index (Phi) is 6.22. The molecule has 7 heteroatoms. The number of benzene rings is 1. The Labute approximate surface area is 164 Å². The summed E-state index contributed by atoms with van der Waals surface area (Å²) in [6.07, 6.45) is 0. The second-order valence-corrected chi connectivity index (χ2v) is 7.34. The number of thiophene rings is 1. The number of rotatable bonds is 6. The summed E-state index contributed by atoms with van der Waals surface area (Å²) < 4.78 is 18.3. The summed E-state index contributed by atoms with van der Waals surface area (Å²) in [6.45, 7) is 2.04. The molecule has 27 heavy (non-hydrogen) atoms. The summed E-state index contributed by atoms with van der Waals surface area (Å²) in [5, 5.41) is 12.1. The second-order valence-electron chi connectivity index (χ2n) is 5.42. The molecule has 0 spiro atoms. The summed E-state index contributed by atoms with van der Waals surface area (Å²) >= 11 is 2.70. The van der Waals surface area contributed by atoms with Crippen LogP contribution in [0.5, 0.6) is 0 Å². The number of pyridine rings is 1. The van der Waals surface area contributed by atoms with Gasteiger partial charge in [0.05, 0.1) is 28.5 Å². The van der Waals surface area contributed by atoms with E-state index >= 15 is 0 Å². The molecule has 2 heterocycles. The summed E-state index contributed by atoms with van der Waals surface area (Å²) in [5.74, 6) is -0.647. The van der Waals surface area contributed by atoms with E-state index in [-0.39, 0.29) is 17.5 Å². The van der Waals surface area contributed by atoms with Crippen LogP contribution in [0.25, 0.3) is 21.7 Å². The van der Waals surface area contributed by atoms with E-state index in [2.05, 4.69) is 11.1 Å². The third-order valence-electron chi connectivity index (χ3n) is 3.66. The number of hydrogen-bond acceptors (Lipinski definition) is 6. The predicted octanol–water partition coefficient (Wildman–Crippen LogP) is 5.14. The van der Waals surface area contributed by atoms with Gasteiger partial charge >= 0.3 is 5.97 Å². The fourth-order valence-electron chi connectivity index (χ4n) is 2.47. The van der Waals surface area contributed by atoms with Crippen LogP contribution in [0.1, 0.15) is 12.5 Å². The Hall–Kier alpha value is -2.69. The van der Waals surface area contributed by atoms with E-state index in [0.29, 0.717) is 34.0 Å². The molecule has 0 aliphatic carbocycles. The third-order valence-corrected chi connectivity index (χ3v) is 5.50. The smallest absolute Gasteiger partial charge is 0.316 e. The zero-order valence-corrected chi connectivity index (χ0v) is 16.1. The standard InChI is InChI=1S/C20H15FN2O2S2/c1-2-25-19(24)12-27-20-16(11-22)15(13-5-7-14(21)8-6-13)10-17(23-20)18-4-3-9-26-18/h3-10H,2,12H2,1H3. The first-order chi connectivity index (χ1) is 13.1. The zero-order chi connectivity index (χ0) is 19.2. The van der Waals surface area contributed by atoms with E-state index in [0.717, 1.165) is 4.88 Å². The van der Waals surface area contributed by atoms with Crippen molar-refractivity contribution in [2.75, 3.05) is 12.4 Å². The number of hydrogen-bond donors (Lipinski definition) is 0. The van der Waals surface area contributed by atoms with Gasteiger partial charge in [0, 0.05) is 5.56 Å². The average Bonchev–Trinajstić information content (AvgIpc) is 3.21. The monoisotopic (exact) mass is 398 g/mol. The molecule has 1 aromatic carbocycles. The number of aromatic nitrogens is 1. The molecule has 136 valence electrons. The fraction of sp³-hybridized carbons (Fsp3) is 0.150. The first kappa shape index (κ1) is 19.1. The molecule has 4 nitrogen and oxygen atoms in total. The number of carbonyl (C=O) groups is 1. The van der Waals surface area contributed by atoms with E-state index in [1.807, 2.05) is 23.6 Å². The van der Waals surface area contributed by atoms with Crippen LogP contribution in [-0.2, 0) is 9.53 Å². The Bertz CT molecular complexity index is 980. The van der Waals surface area contributed by atoms with Gasteiger partial charge in [-0.25, -0.2) is 9.37 Å². The van der Waals surface area contributed by atoms with E-state index in [1.165, 1.54) is 35.2 Å². The molecule has 0 bridgehead atoms. The molecule has 3 rings (SSSR count). The Morgan fingerprint density at radius 2 is 2.11 bits per heavy atom. The molecule has 0 amide bonds. The lowest BCUT2D eigenvalue weighted by molar-refractivity contribution is -0.139. The zero-order valence-electron chi connectivity index (χ0n) is 14.4. The average molecular weight is 398 g/mol. The molecule has 0 fully saturated rings. The van der Waals surface area contributed by atoms with Gasteiger partial charge in [-0.05, 0) is 42.1 Å². The van der Waals surface area contributed by atoms with E-state index < -0.39 is 0 Å². The number of thioether (sulfide) groups is 1. The molecule has 0 saturated heterocycles. The summed E-state index contributed by atoms with van der Waals surface area (Å²) in [7, 11) is 0. The van der Waals surface area contributed by atoms with Crippen molar-refractivity contribution in [2.24, 2.45) is 0 Å². The lowest BCUT2D eigenvalue weighted by Gasteiger charge is -2.11. The molecule has 0 atom stereocenters. The van der Waals surface area contributed by atoms with Gasteiger partial charge < -0.3 is 4.74 Å². The maximum absolute atomic E-state index is 13.3. The number of nitriles is 1. The lowest BCUT2D eigenvalue weighted by Crippen LogP contribution is -2.07. The minimum atomic E-state index is -0.363. The molecule has 0 aliphatic heterocycles. The summed E-state index contributed by atoms with van der Waals surface area (Å²) in [4.78, 5) is 17.3. The van der Waals surface area contributed by atoms with Crippen molar-refractivity contribution in [3.05, 3.63) is 59.2 Å². The molecule has 3 aromatic rings. The minimum Gasteiger partial charge on any atom is -0.465 e. The molecule has 0 unspecified atom stereocenters. The normalized spacial score (nSPS) is 10.4. The van der Waals surface area contributed by atoms with E-state index in [4.69, 9.17) is 4.74 Å². The van der Waals surface area contributed by atoms with Gasteiger partial charge in [-0.2, -0.15) is 5.26 Å². The number of carbonyl (C=O) groups excluding carboxylic acids is 1. The number of ether oxygens (including phenoxy) is 1. The predicted molar refractivity (Wildman–Crippen MR) is 105 cm³/mol. The largest absolute Gasteiger partial charge is 0.465 e. The molecular weight excluding hydrogens is 383 g/mol. The van der Waals surface area contributed by atoms with Crippen molar-refractivity contribution in [2.45, 2.75) is 11.9 Å². The van der Waals surface area contributed by atoms with Gasteiger partial charge in [0.1, 0.15) is 16.9 Å². The van der Waals surface area contributed by atoms with Crippen LogP contribution < -0.4 is 0 Å². The van der Waals surface area contributed by atoms with Crippen molar-refractivity contribution < 1.29 is 13.9 Å². The highest BCUT2D eigenvalue weighted by atomic mass is 32.2. The maximum Gasteiger partial charge on any atom is 0.316 e. The van der Waals surface area contributed by atoms with Crippen molar-refractivity contribution >= 4 is 29.1 Å². The maximum atomic E-state index is 13.3. The fourth-order valence-corrected chi connectivity index (χ4v) is 3.96. The van der Waals surface area contributed by atoms with Crippen LogP contribution in [0.3, 0.4) is 0 Å². The third kappa shape index (κ3) is 4.54. The lowest BCUT2D eigenvalue weighted by atomic mass is 10.0. The first-order valence-electron chi connectivity index (χ1n) is 8.15. The Balaban J connectivity index is 2.09. The second kappa shape index (κ2) is 8.80. The molecule has 2 aromatic heterocycles. The highest BCUT2D eigenvalue weighted by molar-refractivity contribution is 7.99. The molecule has 0 radical (unpaired) electrons. The quantitative estimate of drug-likeness (QED) is 0.425. The van der Waals surface area contributed by atoms with Gasteiger partial charge in [0.25, 0.3) is 0 Å². The van der Waals surface area contributed by atoms with Crippen LogP contribution in [0.15, 0.2) is 52.9 Å². The topological polar surface area (TPSA) is 63.0 Å². The number of esters is 1. The number of nitrogens with zero attached hydrogens (tertiary/aromatic N) is 2. The highest BCUT2D eigenvalue weighted by Gasteiger charge is 2.17. The Morgan fingerprint density at radius 3 is 2.74 bits per heavy atom. The van der Waals surface area contributed by atoms with Crippen LogP contribution in [0.4, 0.5) is 4.39 Å². The van der Waals surface area contributed by atoms with Gasteiger partial charge in [-0.15, -0.1) is 11.3 Å². The minimum absolute atomic E-state index is 0.0618. The van der Waals surface area contributed by atoms with Crippen LogP contribution >= 0.6 is 23.1 Å². The molecule has 0 saturated carbocycles. The number of halogens is 1.